The minimum atomic E-state index is -0.256. The van der Waals surface area contributed by atoms with E-state index >= 15 is 0 Å². The van der Waals surface area contributed by atoms with Crippen LogP contribution in [0.2, 0.25) is 0 Å². The summed E-state index contributed by atoms with van der Waals surface area (Å²) in [7, 11) is 0. The largest absolute Gasteiger partial charge is 0.460 e. The average molecular weight is 295 g/mol. The van der Waals surface area contributed by atoms with E-state index in [1.807, 2.05) is 37.3 Å². The van der Waals surface area contributed by atoms with Crippen LogP contribution in [-0.4, -0.2) is 25.0 Å². The van der Waals surface area contributed by atoms with Gasteiger partial charge in [-0.25, -0.2) is 0 Å². The maximum atomic E-state index is 12.2. The van der Waals surface area contributed by atoms with E-state index in [4.69, 9.17) is 4.42 Å². The number of halogens is 1. The van der Waals surface area contributed by atoms with Crippen LogP contribution in [0.15, 0.2) is 34.7 Å². The Labute approximate surface area is 124 Å². The normalized spacial score (nSPS) is 19.6. The fraction of sp³-hybridized carbons (Fsp3) is 0.400. The van der Waals surface area contributed by atoms with Gasteiger partial charge >= 0.3 is 0 Å². The number of carbonyl (C=O) groups excluding carboxylic acids is 1. The Morgan fingerprint density at radius 3 is 2.95 bits per heavy atom. The van der Waals surface area contributed by atoms with Crippen molar-refractivity contribution in [3.8, 4) is 0 Å². The molecule has 2 N–H and O–H groups in total. The zero-order valence-electron chi connectivity index (χ0n) is 11.4. The lowest BCUT2D eigenvalue weighted by molar-refractivity contribution is -0.123. The lowest BCUT2D eigenvalue weighted by Crippen LogP contribution is -2.38. The molecule has 2 aromatic rings. The highest BCUT2D eigenvalue weighted by atomic mass is 35.5. The van der Waals surface area contributed by atoms with Gasteiger partial charge in [-0.05, 0) is 32.0 Å². The van der Waals surface area contributed by atoms with Gasteiger partial charge in [0.15, 0.2) is 0 Å². The Bertz CT molecular complexity index is 557. The third kappa shape index (κ3) is 2.97. The zero-order chi connectivity index (χ0) is 13.2. The Morgan fingerprint density at radius 1 is 1.45 bits per heavy atom. The van der Waals surface area contributed by atoms with Gasteiger partial charge in [0.05, 0.1) is 5.92 Å². The second kappa shape index (κ2) is 6.29. The minimum Gasteiger partial charge on any atom is -0.460 e. The summed E-state index contributed by atoms with van der Waals surface area (Å²) in [5.41, 5.74) is 0.833. The van der Waals surface area contributed by atoms with E-state index in [2.05, 4.69) is 10.6 Å². The molecule has 20 heavy (non-hydrogen) atoms. The molecule has 0 saturated carbocycles. The lowest BCUT2D eigenvalue weighted by atomic mass is 10.1. The third-order valence-corrected chi connectivity index (χ3v) is 3.67. The molecule has 0 aliphatic carbocycles. The molecule has 2 atom stereocenters. The molecule has 108 valence electrons. The Hall–Kier alpha value is -1.52. The van der Waals surface area contributed by atoms with Crippen LogP contribution >= 0.6 is 12.4 Å². The summed E-state index contributed by atoms with van der Waals surface area (Å²) < 4.78 is 5.74. The summed E-state index contributed by atoms with van der Waals surface area (Å²) in [6, 6.07) is 10.0. The molecular weight excluding hydrogens is 276 g/mol. The van der Waals surface area contributed by atoms with Crippen LogP contribution < -0.4 is 10.6 Å². The van der Waals surface area contributed by atoms with E-state index in [9.17, 15) is 4.79 Å². The van der Waals surface area contributed by atoms with E-state index in [1.54, 1.807) is 0 Å². The van der Waals surface area contributed by atoms with Crippen LogP contribution in [0.1, 0.15) is 25.0 Å². The van der Waals surface area contributed by atoms with Crippen molar-refractivity contribution in [2.75, 3.05) is 13.1 Å². The van der Waals surface area contributed by atoms with E-state index in [-0.39, 0.29) is 30.3 Å². The molecule has 1 aliphatic rings. The number of fused-ring (bicyclic) bond motifs is 1. The van der Waals surface area contributed by atoms with Gasteiger partial charge in [-0.2, -0.15) is 0 Å². The number of amides is 1. The van der Waals surface area contributed by atoms with Crippen molar-refractivity contribution in [1.82, 2.24) is 10.6 Å². The topological polar surface area (TPSA) is 54.3 Å². The molecule has 5 heteroatoms. The molecular formula is C15H19ClN2O2. The van der Waals surface area contributed by atoms with E-state index in [0.29, 0.717) is 0 Å². The first-order valence-electron chi connectivity index (χ1n) is 6.73. The zero-order valence-corrected chi connectivity index (χ0v) is 12.2. The average Bonchev–Trinajstić information content (AvgIpc) is 3.05. The van der Waals surface area contributed by atoms with Crippen LogP contribution in [0.4, 0.5) is 0 Å². The number of rotatable bonds is 3. The van der Waals surface area contributed by atoms with Gasteiger partial charge in [0.25, 0.3) is 0 Å². The Balaban J connectivity index is 0.00000147. The molecule has 0 radical (unpaired) electrons. The quantitative estimate of drug-likeness (QED) is 0.914. The fourth-order valence-corrected chi connectivity index (χ4v) is 2.45. The standard InChI is InChI=1S/C15H18N2O2.ClH/c1-10(15(18)17-12-6-7-16-9-12)14-8-11-4-2-3-5-13(11)19-14;/h2-5,8,10,12,16H,6-7,9H2,1H3,(H,17,18);1H. The number of para-hydroxylation sites is 1. The van der Waals surface area contributed by atoms with Crippen LogP contribution in [0.5, 0.6) is 0 Å². The second-order valence-electron chi connectivity index (χ2n) is 5.11. The van der Waals surface area contributed by atoms with Gasteiger partial charge in [-0.15, -0.1) is 12.4 Å². The van der Waals surface area contributed by atoms with Gasteiger partial charge in [-0.1, -0.05) is 18.2 Å². The number of benzene rings is 1. The van der Waals surface area contributed by atoms with Crippen molar-refractivity contribution in [3.63, 3.8) is 0 Å². The molecule has 2 unspecified atom stereocenters. The van der Waals surface area contributed by atoms with E-state index < -0.39 is 0 Å². The highest BCUT2D eigenvalue weighted by molar-refractivity contribution is 5.86. The molecule has 1 saturated heterocycles. The van der Waals surface area contributed by atoms with Crippen molar-refractivity contribution in [1.29, 1.82) is 0 Å². The molecule has 3 rings (SSSR count). The summed E-state index contributed by atoms with van der Waals surface area (Å²) in [4.78, 5) is 12.2. The molecule has 1 aliphatic heterocycles. The van der Waals surface area contributed by atoms with Crippen molar-refractivity contribution in [2.24, 2.45) is 0 Å². The maximum absolute atomic E-state index is 12.2. The molecule has 1 aromatic carbocycles. The first-order chi connectivity index (χ1) is 9.24. The monoisotopic (exact) mass is 294 g/mol. The third-order valence-electron chi connectivity index (χ3n) is 3.67. The van der Waals surface area contributed by atoms with Crippen LogP contribution in [0.3, 0.4) is 0 Å². The SMILES string of the molecule is CC(C(=O)NC1CCNC1)c1cc2ccccc2o1.Cl. The minimum absolute atomic E-state index is 0. The van der Waals surface area contributed by atoms with Crippen LogP contribution in [0.25, 0.3) is 11.0 Å². The highest BCUT2D eigenvalue weighted by Crippen LogP contribution is 2.25. The summed E-state index contributed by atoms with van der Waals surface area (Å²) in [5.74, 6) is 0.505. The summed E-state index contributed by atoms with van der Waals surface area (Å²) in [6.07, 6.45) is 0.999. The number of nitrogens with one attached hydrogen (secondary N) is 2. The Kier molecular flexibility index (Phi) is 4.68. The van der Waals surface area contributed by atoms with Crippen molar-refractivity contribution in [3.05, 3.63) is 36.1 Å². The lowest BCUT2D eigenvalue weighted by Gasteiger charge is -2.14. The van der Waals surface area contributed by atoms with Crippen LogP contribution in [-0.2, 0) is 4.79 Å². The molecule has 2 heterocycles. The maximum Gasteiger partial charge on any atom is 0.230 e. The number of carbonyl (C=O) groups is 1. The van der Waals surface area contributed by atoms with Crippen molar-refractivity contribution < 1.29 is 9.21 Å². The first kappa shape index (κ1) is 14.9. The van der Waals surface area contributed by atoms with Gasteiger partial charge in [-0.3, -0.25) is 4.79 Å². The molecule has 0 bridgehead atoms. The smallest absolute Gasteiger partial charge is 0.230 e. The van der Waals surface area contributed by atoms with Crippen LogP contribution in [0, 0.1) is 0 Å². The van der Waals surface area contributed by atoms with Gasteiger partial charge in [0, 0.05) is 18.0 Å². The predicted molar refractivity (Wildman–Crippen MR) is 81.3 cm³/mol. The van der Waals surface area contributed by atoms with E-state index in [0.717, 1.165) is 36.2 Å². The number of hydrogen-bond donors (Lipinski definition) is 2. The second-order valence-corrected chi connectivity index (χ2v) is 5.11. The van der Waals surface area contributed by atoms with Crippen molar-refractivity contribution >= 4 is 29.3 Å². The molecule has 1 fully saturated rings. The molecule has 4 nitrogen and oxygen atoms in total. The Morgan fingerprint density at radius 2 is 2.25 bits per heavy atom. The molecule has 0 spiro atoms. The molecule has 1 amide bonds. The summed E-state index contributed by atoms with van der Waals surface area (Å²) >= 11 is 0. The van der Waals surface area contributed by atoms with Gasteiger partial charge in [0.1, 0.15) is 11.3 Å². The van der Waals surface area contributed by atoms with Crippen molar-refractivity contribution in [2.45, 2.75) is 25.3 Å². The fourth-order valence-electron chi connectivity index (χ4n) is 2.45. The number of furan rings is 1. The first-order valence-corrected chi connectivity index (χ1v) is 6.73. The highest BCUT2D eigenvalue weighted by Gasteiger charge is 2.23. The van der Waals surface area contributed by atoms with Gasteiger partial charge < -0.3 is 15.1 Å². The number of hydrogen-bond acceptors (Lipinski definition) is 3. The predicted octanol–water partition coefficient (Wildman–Crippen LogP) is 2.44. The molecule has 1 aromatic heterocycles. The summed E-state index contributed by atoms with van der Waals surface area (Å²) in [6.45, 7) is 3.72. The van der Waals surface area contributed by atoms with Gasteiger partial charge in [0.2, 0.25) is 5.91 Å². The summed E-state index contributed by atoms with van der Waals surface area (Å²) in [5, 5.41) is 7.34. The van der Waals surface area contributed by atoms with E-state index in [1.165, 1.54) is 0 Å².